The zero-order valence-electron chi connectivity index (χ0n) is 41.6. The van der Waals surface area contributed by atoms with E-state index in [1.165, 1.54) is 165 Å². The maximum Gasteiger partial charge on any atom is -0.000740 e. The van der Waals surface area contributed by atoms with Gasteiger partial charge in [0.05, 0.1) is 0 Å². The van der Waals surface area contributed by atoms with Crippen molar-refractivity contribution in [3.63, 3.8) is 0 Å². The quantitative estimate of drug-likeness (QED) is 0.149. The van der Waals surface area contributed by atoms with Gasteiger partial charge >= 0.3 is 0 Å². The van der Waals surface area contributed by atoms with E-state index in [-0.39, 0.29) is 0 Å². The maximum absolute atomic E-state index is 2.51. The van der Waals surface area contributed by atoms with E-state index in [1.807, 2.05) is 0 Å². The largest absolute Gasteiger partial charge is 0.0622 e. The molecule has 0 N–H and O–H groups in total. The molecule has 0 bridgehead atoms. The smallest absolute Gasteiger partial charge is 0.000740 e. The summed E-state index contributed by atoms with van der Waals surface area (Å²) in [7, 11) is 0. The van der Waals surface area contributed by atoms with Gasteiger partial charge in [0.25, 0.3) is 0 Å². The standard InChI is InChI=1S/C76H46/c1-7-22-47(23-8-1)62-45-65-66(46-63(62)48-24-9-2-10-25-48)71(53-32-17-6-18-33-53)76-61-43-42-55(56-36-21-39-60(72(56)61)75(76)70(65)52-30-15-5-16-31-52)54-40-41-57-64(44-54)69(51-28-13-4-14-29-51)74-59-38-20-35-49-34-19-37-58(67(49)59)73(74)68(57)50-26-11-3-12-27-50/h1-46H. The first-order chi connectivity index (χ1) is 37.8. The first-order valence-corrected chi connectivity index (χ1v) is 26.5. The highest BCUT2D eigenvalue weighted by Crippen LogP contribution is 2.61. The first kappa shape index (κ1) is 42.6. The zero-order valence-corrected chi connectivity index (χ0v) is 41.6. The molecule has 76 heavy (non-hydrogen) atoms. The number of rotatable bonds is 7. The molecule has 14 aromatic rings. The van der Waals surface area contributed by atoms with Crippen LogP contribution in [0.4, 0.5) is 0 Å². The summed E-state index contributed by atoms with van der Waals surface area (Å²) in [5, 5.41) is 10.2. The second-order valence-electron chi connectivity index (χ2n) is 20.5. The molecule has 0 fully saturated rings. The van der Waals surface area contributed by atoms with E-state index in [2.05, 4.69) is 279 Å². The number of hydrogen-bond donors (Lipinski definition) is 0. The molecule has 0 aromatic heterocycles. The topological polar surface area (TPSA) is 0 Å². The summed E-state index contributed by atoms with van der Waals surface area (Å²) in [5.74, 6) is 0. The average Bonchev–Trinajstić information content (AvgIpc) is 4.19. The van der Waals surface area contributed by atoms with Crippen LogP contribution < -0.4 is 0 Å². The Hall–Kier alpha value is -9.88. The van der Waals surface area contributed by atoms with Crippen molar-refractivity contribution in [3.05, 3.63) is 279 Å². The molecule has 0 saturated heterocycles. The lowest BCUT2D eigenvalue weighted by Crippen LogP contribution is -1.96. The molecule has 0 heterocycles. The zero-order chi connectivity index (χ0) is 49.8. The summed E-state index contributed by atoms with van der Waals surface area (Å²) in [6.45, 7) is 0. The number of benzene rings is 14. The second-order valence-corrected chi connectivity index (χ2v) is 20.5. The Morgan fingerprint density at radius 2 is 0.487 bits per heavy atom. The fraction of sp³-hybridized carbons (Fsp3) is 0. The molecule has 0 heteroatoms. The molecule has 0 atom stereocenters. The Kier molecular flexibility index (Phi) is 9.44. The fourth-order valence-electron chi connectivity index (χ4n) is 13.4. The molecule has 0 saturated carbocycles. The predicted octanol–water partition coefficient (Wildman–Crippen LogP) is 21.3. The van der Waals surface area contributed by atoms with Crippen molar-refractivity contribution in [1.29, 1.82) is 0 Å². The van der Waals surface area contributed by atoms with Gasteiger partial charge in [0, 0.05) is 0 Å². The lowest BCUT2D eigenvalue weighted by Gasteiger charge is -2.23. The highest BCUT2D eigenvalue weighted by atomic mass is 14.4. The van der Waals surface area contributed by atoms with Crippen molar-refractivity contribution in [2.24, 2.45) is 0 Å². The average molecular weight is 959 g/mol. The normalized spacial score (nSPS) is 11.9. The van der Waals surface area contributed by atoms with Gasteiger partial charge in [0.15, 0.2) is 0 Å². The first-order valence-electron chi connectivity index (χ1n) is 26.5. The molecule has 350 valence electrons. The fourth-order valence-corrected chi connectivity index (χ4v) is 13.4. The third kappa shape index (κ3) is 6.25. The van der Waals surface area contributed by atoms with Crippen LogP contribution in [-0.4, -0.2) is 0 Å². The molecule has 16 rings (SSSR count). The lowest BCUT2D eigenvalue weighted by molar-refractivity contribution is 1.59. The van der Waals surface area contributed by atoms with E-state index in [1.54, 1.807) is 0 Å². The molecule has 2 aliphatic rings. The summed E-state index contributed by atoms with van der Waals surface area (Å²) in [6.07, 6.45) is 0. The summed E-state index contributed by atoms with van der Waals surface area (Å²) < 4.78 is 0. The van der Waals surface area contributed by atoms with Crippen molar-refractivity contribution in [2.45, 2.75) is 0 Å². The summed E-state index contributed by atoms with van der Waals surface area (Å²) in [6, 6.07) is 104. The van der Waals surface area contributed by atoms with Crippen molar-refractivity contribution in [1.82, 2.24) is 0 Å². The van der Waals surface area contributed by atoms with Gasteiger partial charge in [-0.15, -0.1) is 0 Å². The van der Waals surface area contributed by atoms with Gasteiger partial charge in [-0.2, -0.15) is 0 Å². The van der Waals surface area contributed by atoms with Gasteiger partial charge < -0.3 is 0 Å². The molecule has 0 spiro atoms. The minimum absolute atomic E-state index is 1.20. The molecule has 2 aliphatic carbocycles. The monoisotopic (exact) mass is 958 g/mol. The summed E-state index contributed by atoms with van der Waals surface area (Å²) in [5.41, 5.74) is 27.6. The number of hydrogen-bond acceptors (Lipinski definition) is 0. The Balaban J connectivity index is 1.01. The van der Waals surface area contributed by atoms with Gasteiger partial charge in [0.2, 0.25) is 0 Å². The van der Waals surface area contributed by atoms with Gasteiger partial charge in [-0.25, -0.2) is 0 Å². The lowest BCUT2D eigenvalue weighted by atomic mass is 9.80. The van der Waals surface area contributed by atoms with E-state index in [0.717, 1.165) is 0 Å². The van der Waals surface area contributed by atoms with Gasteiger partial charge in [-0.05, 0) is 184 Å². The molecular weight excluding hydrogens is 913 g/mol. The predicted molar refractivity (Wildman–Crippen MR) is 323 cm³/mol. The molecule has 0 radical (unpaired) electrons. The Bertz CT molecular complexity index is 4530. The van der Waals surface area contributed by atoms with Crippen LogP contribution in [0, 0.1) is 0 Å². The van der Waals surface area contributed by atoms with E-state index < -0.39 is 0 Å². The molecular formula is C76H46. The van der Waals surface area contributed by atoms with Crippen LogP contribution in [0.25, 0.3) is 165 Å². The van der Waals surface area contributed by atoms with Crippen molar-refractivity contribution in [3.8, 4) is 122 Å². The molecule has 0 amide bonds. The van der Waals surface area contributed by atoms with Crippen LogP contribution in [-0.2, 0) is 0 Å². The van der Waals surface area contributed by atoms with Gasteiger partial charge in [0.1, 0.15) is 0 Å². The van der Waals surface area contributed by atoms with E-state index in [9.17, 15) is 0 Å². The third-order valence-electron chi connectivity index (χ3n) is 16.5. The Morgan fingerprint density at radius 1 is 0.145 bits per heavy atom. The minimum atomic E-state index is 1.20. The van der Waals surface area contributed by atoms with Crippen molar-refractivity contribution < 1.29 is 0 Å². The van der Waals surface area contributed by atoms with Crippen LogP contribution in [0.5, 0.6) is 0 Å². The number of fused-ring (bicyclic) bond motifs is 8. The highest BCUT2D eigenvalue weighted by Gasteiger charge is 2.34. The Labute approximate surface area is 442 Å². The Morgan fingerprint density at radius 3 is 0.921 bits per heavy atom. The van der Waals surface area contributed by atoms with Gasteiger partial charge in [-0.1, -0.05) is 261 Å². The van der Waals surface area contributed by atoms with Crippen LogP contribution in [0.3, 0.4) is 0 Å². The van der Waals surface area contributed by atoms with Crippen LogP contribution in [0.15, 0.2) is 279 Å². The SMILES string of the molecule is c1ccc(-c2cc3c(-c4ccccc4)c4c(c(-c5ccccc5)c3cc2-c2ccccc2)-c2ccc(-c3ccc5c(-c6ccccc6)c6c(c(-c7ccccc7)c5c3)-c3cccc5cccc-6c35)c3cccc-4c23)cc1. The second kappa shape index (κ2) is 16.8. The molecule has 0 unspecified atom stereocenters. The van der Waals surface area contributed by atoms with E-state index >= 15 is 0 Å². The highest BCUT2D eigenvalue weighted by molar-refractivity contribution is 6.31. The van der Waals surface area contributed by atoms with Crippen LogP contribution in [0.2, 0.25) is 0 Å². The minimum Gasteiger partial charge on any atom is -0.0622 e. The van der Waals surface area contributed by atoms with Gasteiger partial charge in [-0.3, -0.25) is 0 Å². The van der Waals surface area contributed by atoms with Crippen LogP contribution in [0.1, 0.15) is 0 Å². The third-order valence-corrected chi connectivity index (χ3v) is 16.5. The maximum atomic E-state index is 2.51. The van der Waals surface area contributed by atoms with E-state index in [0.29, 0.717) is 0 Å². The van der Waals surface area contributed by atoms with Crippen molar-refractivity contribution >= 4 is 43.1 Å². The molecule has 14 aromatic carbocycles. The van der Waals surface area contributed by atoms with E-state index in [4.69, 9.17) is 0 Å². The molecule has 0 aliphatic heterocycles. The van der Waals surface area contributed by atoms with Crippen LogP contribution >= 0.6 is 0 Å². The molecule has 0 nitrogen and oxygen atoms in total. The van der Waals surface area contributed by atoms with Crippen molar-refractivity contribution in [2.75, 3.05) is 0 Å². The summed E-state index contributed by atoms with van der Waals surface area (Å²) >= 11 is 0. The summed E-state index contributed by atoms with van der Waals surface area (Å²) in [4.78, 5) is 0.